The Morgan fingerprint density at radius 3 is 2.33 bits per heavy atom. The number of piperazine rings is 1. The van der Waals surface area contributed by atoms with E-state index in [2.05, 4.69) is 4.90 Å². The SMILES string of the molecule is CS(=O)(=O)N1CCN(C(CN)c2ccc(Cl)cc2Cl)CC1. The Hall–Kier alpha value is -0.370. The molecule has 0 bridgehead atoms. The molecule has 21 heavy (non-hydrogen) atoms. The summed E-state index contributed by atoms with van der Waals surface area (Å²) in [4.78, 5) is 2.16. The second-order valence-electron chi connectivity index (χ2n) is 5.12. The Bertz CT molecular complexity index is 601. The molecule has 0 aliphatic carbocycles. The van der Waals surface area contributed by atoms with Crippen molar-refractivity contribution in [1.29, 1.82) is 0 Å². The van der Waals surface area contributed by atoms with Crippen molar-refractivity contribution in [2.75, 3.05) is 39.0 Å². The molecule has 0 aromatic heterocycles. The quantitative estimate of drug-likeness (QED) is 0.893. The molecule has 0 radical (unpaired) electrons. The number of rotatable bonds is 4. The van der Waals surface area contributed by atoms with E-state index in [1.54, 1.807) is 12.1 Å². The van der Waals surface area contributed by atoms with Crippen LogP contribution in [0.3, 0.4) is 0 Å². The van der Waals surface area contributed by atoms with Crippen LogP contribution in [-0.4, -0.2) is 56.6 Å². The van der Waals surface area contributed by atoms with Gasteiger partial charge in [-0.15, -0.1) is 0 Å². The van der Waals surface area contributed by atoms with Gasteiger partial charge in [-0.05, 0) is 17.7 Å². The van der Waals surface area contributed by atoms with Crippen molar-refractivity contribution in [3.05, 3.63) is 33.8 Å². The highest BCUT2D eigenvalue weighted by molar-refractivity contribution is 7.88. The molecule has 1 aliphatic rings. The minimum Gasteiger partial charge on any atom is -0.329 e. The summed E-state index contributed by atoms with van der Waals surface area (Å²) < 4.78 is 24.6. The van der Waals surface area contributed by atoms with E-state index >= 15 is 0 Å². The summed E-state index contributed by atoms with van der Waals surface area (Å²) in [5, 5.41) is 1.17. The van der Waals surface area contributed by atoms with E-state index in [1.807, 2.05) is 6.07 Å². The van der Waals surface area contributed by atoms with E-state index in [1.165, 1.54) is 10.6 Å². The maximum absolute atomic E-state index is 11.5. The zero-order chi connectivity index (χ0) is 15.6. The number of nitrogens with two attached hydrogens (primary N) is 1. The number of halogens is 2. The molecule has 0 spiro atoms. The number of hydrogen-bond acceptors (Lipinski definition) is 4. The molecule has 1 heterocycles. The number of hydrogen-bond donors (Lipinski definition) is 1. The molecule has 118 valence electrons. The minimum atomic E-state index is -3.13. The maximum Gasteiger partial charge on any atom is 0.211 e. The lowest BCUT2D eigenvalue weighted by atomic mass is 10.0. The average molecular weight is 352 g/mol. The van der Waals surface area contributed by atoms with Gasteiger partial charge in [0.25, 0.3) is 0 Å². The van der Waals surface area contributed by atoms with Gasteiger partial charge in [0.05, 0.1) is 6.26 Å². The van der Waals surface area contributed by atoms with E-state index in [0.29, 0.717) is 42.8 Å². The summed E-state index contributed by atoms with van der Waals surface area (Å²) in [7, 11) is -3.13. The van der Waals surface area contributed by atoms with Gasteiger partial charge in [0.15, 0.2) is 0 Å². The van der Waals surface area contributed by atoms with Gasteiger partial charge in [-0.2, -0.15) is 4.31 Å². The van der Waals surface area contributed by atoms with Gasteiger partial charge in [-0.3, -0.25) is 4.90 Å². The van der Waals surface area contributed by atoms with Crippen molar-refractivity contribution >= 4 is 33.2 Å². The Balaban J connectivity index is 2.13. The molecular weight excluding hydrogens is 333 g/mol. The topological polar surface area (TPSA) is 66.6 Å². The highest BCUT2D eigenvalue weighted by Crippen LogP contribution is 2.30. The highest BCUT2D eigenvalue weighted by atomic mass is 35.5. The smallest absolute Gasteiger partial charge is 0.211 e. The molecule has 1 saturated heterocycles. The zero-order valence-electron chi connectivity index (χ0n) is 11.8. The van der Waals surface area contributed by atoms with Gasteiger partial charge < -0.3 is 5.73 Å². The lowest BCUT2D eigenvalue weighted by molar-refractivity contribution is 0.140. The second-order valence-corrected chi connectivity index (χ2v) is 7.94. The Morgan fingerprint density at radius 1 is 1.24 bits per heavy atom. The summed E-state index contributed by atoms with van der Waals surface area (Å²) in [5.74, 6) is 0. The molecule has 1 aliphatic heterocycles. The first-order valence-corrected chi connectivity index (χ1v) is 9.27. The van der Waals surface area contributed by atoms with Crippen LogP contribution in [-0.2, 0) is 10.0 Å². The lowest BCUT2D eigenvalue weighted by Gasteiger charge is -2.38. The molecule has 1 atom stereocenters. The number of benzene rings is 1. The third-order valence-electron chi connectivity index (χ3n) is 3.73. The van der Waals surface area contributed by atoms with Crippen LogP contribution in [0.25, 0.3) is 0 Å². The highest BCUT2D eigenvalue weighted by Gasteiger charge is 2.28. The van der Waals surface area contributed by atoms with Crippen LogP contribution < -0.4 is 5.73 Å². The molecule has 1 unspecified atom stereocenters. The molecule has 0 amide bonds. The van der Waals surface area contributed by atoms with Gasteiger partial charge >= 0.3 is 0 Å². The summed E-state index contributed by atoms with van der Waals surface area (Å²) in [6.07, 6.45) is 1.24. The van der Waals surface area contributed by atoms with Crippen molar-refractivity contribution in [2.45, 2.75) is 6.04 Å². The predicted octanol–water partition coefficient (Wildman–Crippen LogP) is 1.57. The normalized spacial score (nSPS) is 19.6. The molecule has 2 N–H and O–H groups in total. The average Bonchev–Trinajstić information content (AvgIpc) is 2.41. The third kappa shape index (κ3) is 4.09. The molecule has 1 fully saturated rings. The minimum absolute atomic E-state index is 0.0310. The Kier molecular flexibility index (Phi) is 5.51. The van der Waals surface area contributed by atoms with Crippen molar-refractivity contribution in [3.8, 4) is 0 Å². The molecule has 1 aromatic rings. The van der Waals surface area contributed by atoms with Crippen molar-refractivity contribution in [1.82, 2.24) is 9.21 Å². The lowest BCUT2D eigenvalue weighted by Crippen LogP contribution is -2.50. The van der Waals surface area contributed by atoms with E-state index in [9.17, 15) is 8.42 Å². The van der Waals surface area contributed by atoms with E-state index in [0.717, 1.165) is 5.56 Å². The first-order chi connectivity index (χ1) is 9.82. The van der Waals surface area contributed by atoms with Gasteiger partial charge in [0, 0.05) is 48.8 Å². The summed E-state index contributed by atoms with van der Waals surface area (Å²) >= 11 is 12.2. The van der Waals surface area contributed by atoms with Gasteiger partial charge in [0.2, 0.25) is 10.0 Å². The summed E-state index contributed by atoms with van der Waals surface area (Å²) in [6.45, 7) is 2.63. The third-order valence-corrected chi connectivity index (χ3v) is 5.59. The standard InChI is InChI=1S/C13H19Cl2N3O2S/c1-21(19,20)18-6-4-17(5-7-18)13(9-16)11-3-2-10(14)8-12(11)15/h2-3,8,13H,4-7,9,16H2,1H3. The van der Waals surface area contributed by atoms with Crippen molar-refractivity contribution < 1.29 is 8.42 Å². The van der Waals surface area contributed by atoms with Crippen molar-refractivity contribution in [3.63, 3.8) is 0 Å². The molecule has 0 saturated carbocycles. The molecule has 5 nitrogen and oxygen atoms in total. The number of nitrogens with zero attached hydrogens (tertiary/aromatic N) is 2. The van der Waals surface area contributed by atoms with Crippen LogP contribution in [0.1, 0.15) is 11.6 Å². The summed E-state index contributed by atoms with van der Waals surface area (Å²) in [6, 6.07) is 5.34. The van der Waals surface area contributed by atoms with Crippen LogP contribution in [0.15, 0.2) is 18.2 Å². The van der Waals surface area contributed by atoms with Gasteiger partial charge in [-0.1, -0.05) is 29.3 Å². The zero-order valence-corrected chi connectivity index (χ0v) is 14.1. The van der Waals surface area contributed by atoms with Crippen LogP contribution in [0.4, 0.5) is 0 Å². The van der Waals surface area contributed by atoms with Crippen LogP contribution in [0.2, 0.25) is 10.0 Å². The monoisotopic (exact) mass is 351 g/mol. The largest absolute Gasteiger partial charge is 0.329 e. The molecule has 1 aromatic carbocycles. The number of sulfonamides is 1. The predicted molar refractivity (Wildman–Crippen MR) is 86.2 cm³/mol. The fourth-order valence-corrected chi connectivity index (χ4v) is 3.95. The van der Waals surface area contributed by atoms with Crippen LogP contribution >= 0.6 is 23.2 Å². The second kappa shape index (κ2) is 6.81. The van der Waals surface area contributed by atoms with E-state index < -0.39 is 10.0 Å². The van der Waals surface area contributed by atoms with Crippen LogP contribution in [0, 0.1) is 0 Å². The summed E-state index contributed by atoms with van der Waals surface area (Å²) in [5.41, 5.74) is 6.83. The van der Waals surface area contributed by atoms with Gasteiger partial charge in [0.1, 0.15) is 0 Å². The first kappa shape index (κ1) is 17.0. The van der Waals surface area contributed by atoms with Crippen molar-refractivity contribution in [2.24, 2.45) is 5.73 Å². The molecular formula is C13H19Cl2N3O2S. The Morgan fingerprint density at radius 2 is 1.86 bits per heavy atom. The Labute approximate surface area is 135 Å². The maximum atomic E-state index is 11.5. The first-order valence-electron chi connectivity index (χ1n) is 6.67. The fraction of sp³-hybridized carbons (Fsp3) is 0.538. The van der Waals surface area contributed by atoms with Crippen LogP contribution in [0.5, 0.6) is 0 Å². The van der Waals surface area contributed by atoms with E-state index in [4.69, 9.17) is 28.9 Å². The molecule has 2 rings (SSSR count). The van der Waals surface area contributed by atoms with E-state index in [-0.39, 0.29) is 6.04 Å². The molecule has 8 heteroatoms. The fourth-order valence-electron chi connectivity index (χ4n) is 2.59. The van der Waals surface area contributed by atoms with Gasteiger partial charge in [-0.25, -0.2) is 8.42 Å².